The quantitative estimate of drug-likeness (QED) is 0.581. The van der Waals surface area contributed by atoms with Gasteiger partial charge in [0, 0.05) is 51.0 Å². The smallest absolute Gasteiger partial charge is 0.241 e. The zero-order valence-corrected chi connectivity index (χ0v) is 16.3. The van der Waals surface area contributed by atoms with Crippen LogP contribution in [0.25, 0.3) is 0 Å². The Morgan fingerprint density at radius 1 is 1.10 bits per heavy atom. The maximum atomic E-state index is 13.6. The molecular weight excluding hydrogens is 367 g/mol. The number of hydrogen-bond donors (Lipinski definition) is 0. The third-order valence-corrected chi connectivity index (χ3v) is 5.19. The molecule has 0 N–H and O–H groups in total. The zero-order chi connectivity index (χ0) is 20.2. The molecule has 1 aliphatic heterocycles. The van der Waals surface area contributed by atoms with E-state index >= 15 is 0 Å². The molecule has 0 spiro atoms. The van der Waals surface area contributed by atoms with Crippen molar-refractivity contribution in [2.24, 2.45) is 0 Å². The van der Waals surface area contributed by atoms with Gasteiger partial charge < -0.3 is 4.90 Å². The molecule has 2 aromatic heterocycles. The highest BCUT2D eigenvalue weighted by Gasteiger charge is 2.42. The predicted molar refractivity (Wildman–Crippen MR) is 108 cm³/mol. The number of aryl methyl sites for hydroxylation is 1. The first-order valence-corrected chi connectivity index (χ1v) is 9.66. The fourth-order valence-electron chi connectivity index (χ4n) is 3.46. The summed E-state index contributed by atoms with van der Waals surface area (Å²) >= 11 is 0. The van der Waals surface area contributed by atoms with Crippen molar-refractivity contribution >= 4 is 5.91 Å². The number of carbonyl (C=O) groups is 1. The molecule has 3 heterocycles. The van der Waals surface area contributed by atoms with Gasteiger partial charge in [-0.1, -0.05) is 18.2 Å². The minimum atomic E-state index is -0.245. The van der Waals surface area contributed by atoms with Gasteiger partial charge in [0.2, 0.25) is 5.91 Å². The van der Waals surface area contributed by atoms with Gasteiger partial charge in [-0.2, -0.15) is 0 Å². The molecule has 0 aliphatic carbocycles. The van der Waals surface area contributed by atoms with E-state index in [1.165, 1.54) is 6.07 Å². The summed E-state index contributed by atoms with van der Waals surface area (Å²) < 4.78 is 13.6. The number of nitrogens with zero attached hydrogens (tertiary/aromatic N) is 4. The van der Waals surface area contributed by atoms with E-state index in [2.05, 4.69) is 14.9 Å². The second-order valence-corrected chi connectivity index (χ2v) is 7.43. The average molecular weight is 390 g/mol. The van der Waals surface area contributed by atoms with Crippen molar-refractivity contribution in [2.75, 3.05) is 6.54 Å². The highest BCUT2D eigenvalue weighted by atomic mass is 19.1. The van der Waals surface area contributed by atoms with Crippen molar-refractivity contribution in [1.29, 1.82) is 0 Å². The van der Waals surface area contributed by atoms with Crippen molar-refractivity contribution in [2.45, 2.75) is 32.6 Å². The van der Waals surface area contributed by atoms with E-state index in [4.69, 9.17) is 0 Å². The van der Waals surface area contributed by atoms with Crippen LogP contribution in [0.4, 0.5) is 4.39 Å². The summed E-state index contributed by atoms with van der Waals surface area (Å²) in [6, 6.07) is 12.3. The lowest BCUT2D eigenvalue weighted by molar-refractivity contribution is -0.132. The van der Waals surface area contributed by atoms with Gasteiger partial charge in [-0.25, -0.2) is 4.39 Å². The molecule has 1 saturated heterocycles. The SMILES string of the molecule is Cc1ccc(F)cc1CN1CC1C(=O)N(Cc1cccnc1)Cc1cccnc1. The number of rotatable bonds is 7. The maximum Gasteiger partial charge on any atom is 0.241 e. The highest BCUT2D eigenvalue weighted by Crippen LogP contribution is 2.26. The van der Waals surface area contributed by atoms with Crippen LogP contribution >= 0.6 is 0 Å². The van der Waals surface area contributed by atoms with E-state index < -0.39 is 0 Å². The summed E-state index contributed by atoms with van der Waals surface area (Å²) in [6.45, 7) is 4.21. The largest absolute Gasteiger partial charge is 0.333 e. The van der Waals surface area contributed by atoms with Crippen LogP contribution in [-0.2, 0) is 24.4 Å². The van der Waals surface area contributed by atoms with E-state index in [9.17, 15) is 9.18 Å². The Bertz CT molecular complexity index is 939. The molecule has 2 atom stereocenters. The molecule has 1 aromatic carbocycles. The molecule has 148 valence electrons. The van der Waals surface area contributed by atoms with Crippen LogP contribution in [-0.4, -0.2) is 38.3 Å². The molecule has 0 saturated carbocycles. The van der Waals surface area contributed by atoms with E-state index in [0.29, 0.717) is 26.2 Å². The van der Waals surface area contributed by atoms with Crippen LogP contribution in [0.5, 0.6) is 0 Å². The molecule has 2 unspecified atom stereocenters. The first-order valence-electron chi connectivity index (χ1n) is 9.66. The molecule has 0 bridgehead atoms. The predicted octanol–water partition coefficient (Wildman–Crippen LogP) is 3.34. The van der Waals surface area contributed by atoms with Crippen molar-refractivity contribution in [3.8, 4) is 0 Å². The summed E-state index contributed by atoms with van der Waals surface area (Å²) in [5.74, 6) is -0.170. The second kappa shape index (κ2) is 8.49. The van der Waals surface area contributed by atoms with E-state index in [-0.39, 0.29) is 17.8 Å². The number of amides is 1. The lowest BCUT2D eigenvalue weighted by atomic mass is 10.1. The van der Waals surface area contributed by atoms with Gasteiger partial charge in [-0.3, -0.25) is 19.7 Å². The van der Waals surface area contributed by atoms with Crippen molar-refractivity contribution in [3.63, 3.8) is 0 Å². The van der Waals surface area contributed by atoms with Gasteiger partial charge in [0.05, 0.1) is 0 Å². The van der Waals surface area contributed by atoms with Crippen molar-refractivity contribution < 1.29 is 9.18 Å². The Labute approximate surface area is 169 Å². The van der Waals surface area contributed by atoms with Gasteiger partial charge in [0.25, 0.3) is 0 Å². The minimum Gasteiger partial charge on any atom is -0.333 e. The number of pyridine rings is 2. The molecule has 1 fully saturated rings. The van der Waals surface area contributed by atoms with Crippen LogP contribution in [0, 0.1) is 12.7 Å². The Kier molecular flexibility index (Phi) is 5.62. The first kappa shape index (κ1) is 19.2. The van der Waals surface area contributed by atoms with Crippen molar-refractivity contribution in [3.05, 3.63) is 95.3 Å². The molecule has 6 heteroatoms. The number of benzene rings is 1. The fourth-order valence-corrected chi connectivity index (χ4v) is 3.46. The number of halogens is 1. The Morgan fingerprint density at radius 3 is 2.34 bits per heavy atom. The minimum absolute atomic E-state index is 0.0757. The Hall–Kier alpha value is -3.12. The molecule has 29 heavy (non-hydrogen) atoms. The lowest BCUT2D eigenvalue weighted by Gasteiger charge is -2.23. The normalized spacial score (nSPS) is 17.7. The maximum absolute atomic E-state index is 13.6. The van der Waals surface area contributed by atoms with Crippen LogP contribution in [0.2, 0.25) is 0 Å². The summed E-state index contributed by atoms with van der Waals surface area (Å²) in [6.07, 6.45) is 7.01. The summed E-state index contributed by atoms with van der Waals surface area (Å²) in [5.41, 5.74) is 3.93. The fraction of sp³-hybridized carbons (Fsp3) is 0.261. The van der Waals surface area contributed by atoms with E-state index in [1.807, 2.05) is 36.1 Å². The number of aromatic nitrogens is 2. The molecular formula is C23H23FN4O. The summed E-state index contributed by atoms with van der Waals surface area (Å²) in [7, 11) is 0. The third-order valence-electron chi connectivity index (χ3n) is 5.19. The van der Waals surface area contributed by atoms with Gasteiger partial charge in [-0.05, 0) is 53.4 Å². The van der Waals surface area contributed by atoms with Crippen LogP contribution in [0.3, 0.4) is 0 Å². The van der Waals surface area contributed by atoms with Gasteiger partial charge in [-0.15, -0.1) is 0 Å². The average Bonchev–Trinajstić information content (AvgIpc) is 3.50. The van der Waals surface area contributed by atoms with Crippen LogP contribution < -0.4 is 0 Å². The van der Waals surface area contributed by atoms with Gasteiger partial charge in [0.15, 0.2) is 0 Å². The monoisotopic (exact) mass is 390 g/mol. The number of carbonyl (C=O) groups excluding carboxylic acids is 1. The second-order valence-electron chi connectivity index (χ2n) is 7.43. The molecule has 3 aromatic rings. The van der Waals surface area contributed by atoms with Crippen molar-refractivity contribution in [1.82, 2.24) is 19.8 Å². The highest BCUT2D eigenvalue weighted by molar-refractivity contribution is 5.84. The summed E-state index contributed by atoms with van der Waals surface area (Å²) in [4.78, 5) is 25.5. The molecule has 1 aliphatic rings. The van der Waals surface area contributed by atoms with Gasteiger partial charge in [0.1, 0.15) is 11.9 Å². The first-order chi connectivity index (χ1) is 14.1. The van der Waals surface area contributed by atoms with E-state index in [0.717, 1.165) is 22.3 Å². The molecule has 0 radical (unpaired) electrons. The zero-order valence-electron chi connectivity index (χ0n) is 16.3. The lowest BCUT2D eigenvalue weighted by Crippen LogP contribution is -2.35. The van der Waals surface area contributed by atoms with Gasteiger partial charge >= 0.3 is 0 Å². The summed E-state index contributed by atoms with van der Waals surface area (Å²) in [5, 5.41) is 0. The van der Waals surface area contributed by atoms with E-state index in [1.54, 1.807) is 36.9 Å². The standard InChI is InChI=1S/C23H23FN4O/c1-17-6-7-21(24)10-20(17)15-27-16-22(27)23(29)28(13-18-4-2-8-25-11-18)14-19-5-3-9-26-12-19/h2-12,22H,13-16H2,1H3. The topological polar surface area (TPSA) is 49.1 Å². The number of hydrogen-bond acceptors (Lipinski definition) is 4. The molecule has 1 amide bonds. The van der Waals surface area contributed by atoms with Crippen LogP contribution in [0.15, 0.2) is 67.3 Å². The Morgan fingerprint density at radius 2 is 1.76 bits per heavy atom. The van der Waals surface area contributed by atoms with Crippen LogP contribution in [0.1, 0.15) is 22.3 Å². The molecule has 5 nitrogen and oxygen atoms in total. The third kappa shape index (κ3) is 4.84. The Balaban J connectivity index is 1.47. The molecule has 4 rings (SSSR count).